The monoisotopic (exact) mass is 361 g/mol. The quantitative estimate of drug-likeness (QED) is 0.748. The Labute approximate surface area is 156 Å². The standard InChI is InChI=1S/C21H19N3O3/c1-13-22-20-19(21(26)23-13)17(11-18(25)24-20)15-7-9-16(10-8-15)27-12-14-5-3-2-4-6-14/h2-10,17H,11-12H2,1H3,(H2,22,23,24,25,26). The summed E-state index contributed by atoms with van der Waals surface area (Å²) in [5.74, 6) is 1.09. The van der Waals surface area contributed by atoms with Gasteiger partial charge in [0.05, 0.1) is 5.56 Å². The summed E-state index contributed by atoms with van der Waals surface area (Å²) in [6.45, 7) is 2.17. The fraction of sp³-hybridized carbons (Fsp3) is 0.190. The van der Waals surface area contributed by atoms with Crippen molar-refractivity contribution in [1.82, 2.24) is 9.97 Å². The number of hydrogen-bond donors (Lipinski definition) is 2. The van der Waals surface area contributed by atoms with Gasteiger partial charge in [-0.25, -0.2) is 4.98 Å². The average Bonchev–Trinajstić information content (AvgIpc) is 2.66. The topological polar surface area (TPSA) is 84.1 Å². The van der Waals surface area contributed by atoms with Crippen LogP contribution in [0.2, 0.25) is 0 Å². The van der Waals surface area contributed by atoms with Gasteiger partial charge in [0.25, 0.3) is 5.56 Å². The Morgan fingerprint density at radius 2 is 1.81 bits per heavy atom. The normalized spacial score (nSPS) is 15.7. The maximum Gasteiger partial charge on any atom is 0.256 e. The van der Waals surface area contributed by atoms with Crippen molar-refractivity contribution >= 4 is 11.7 Å². The number of hydrogen-bond acceptors (Lipinski definition) is 4. The van der Waals surface area contributed by atoms with Crippen LogP contribution in [-0.4, -0.2) is 15.9 Å². The first-order valence-electron chi connectivity index (χ1n) is 8.77. The molecule has 6 nitrogen and oxygen atoms in total. The first kappa shape index (κ1) is 17.0. The van der Waals surface area contributed by atoms with Crippen molar-refractivity contribution in [3.8, 4) is 5.75 Å². The second kappa shape index (κ2) is 7.07. The summed E-state index contributed by atoms with van der Waals surface area (Å²) in [5, 5.41) is 2.70. The van der Waals surface area contributed by atoms with E-state index in [-0.39, 0.29) is 23.8 Å². The van der Waals surface area contributed by atoms with E-state index in [0.29, 0.717) is 23.8 Å². The van der Waals surface area contributed by atoms with Gasteiger partial charge >= 0.3 is 0 Å². The van der Waals surface area contributed by atoms with E-state index in [1.165, 1.54) is 0 Å². The van der Waals surface area contributed by atoms with Gasteiger partial charge in [0.2, 0.25) is 5.91 Å². The third-order valence-electron chi connectivity index (χ3n) is 4.60. The van der Waals surface area contributed by atoms with Crippen LogP contribution in [0.3, 0.4) is 0 Å². The Balaban J connectivity index is 1.58. The Morgan fingerprint density at radius 3 is 2.56 bits per heavy atom. The number of nitrogens with one attached hydrogen (secondary N) is 2. The molecule has 6 heteroatoms. The van der Waals surface area contributed by atoms with Gasteiger partial charge in [-0.15, -0.1) is 0 Å². The summed E-state index contributed by atoms with van der Waals surface area (Å²) in [6.07, 6.45) is 0.213. The molecule has 27 heavy (non-hydrogen) atoms. The zero-order valence-corrected chi connectivity index (χ0v) is 14.9. The number of amides is 1. The van der Waals surface area contributed by atoms with E-state index in [4.69, 9.17) is 4.74 Å². The Kier molecular flexibility index (Phi) is 4.46. The van der Waals surface area contributed by atoms with Gasteiger partial charge in [-0.05, 0) is 30.2 Å². The summed E-state index contributed by atoms with van der Waals surface area (Å²) >= 11 is 0. The number of benzene rings is 2. The third kappa shape index (κ3) is 3.60. The van der Waals surface area contributed by atoms with Crippen LogP contribution in [0.25, 0.3) is 0 Å². The molecule has 0 saturated heterocycles. The minimum Gasteiger partial charge on any atom is -0.489 e. The fourth-order valence-corrected chi connectivity index (χ4v) is 3.31. The Bertz CT molecular complexity index is 1030. The first-order chi connectivity index (χ1) is 13.1. The van der Waals surface area contributed by atoms with E-state index in [1.54, 1.807) is 6.92 Å². The molecule has 0 aliphatic carbocycles. The number of aromatic nitrogens is 2. The molecule has 3 aromatic rings. The van der Waals surface area contributed by atoms with Crippen molar-refractivity contribution in [1.29, 1.82) is 0 Å². The minimum absolute atomic E-state index is 0.144. The number of fused-ring (bicyclic) bond motifs is 1. The number of carbonyl (C=O) groups is 1. The summed E-state index contributed by atoms with van der Waals surface area (Å²) < 4.78 is 5.80. The van der Waals surface area contributed by atoms with Crippen LogP contribution < -0.4 is 15.6 Å². The largest absolute Gasteiger partial charge is 0.489 e. The van der Waals surface area contributed by atoms with Crippen LogP contribution in [0.15, 0.2) is 59.4 Å². The predicted octanol–water partition coefficient (Wildman–Crippen LogP) is 3.13. The molecule has 136 valence electrons. The van der Waals surface area contributed by atoms with Gasteiger partial charge in [0.15, 0.2) is 0 Å². The van der Waals surface area contributed by atoms with Crippen LogP contribution >= 0.6 is 0 Å². The van der Waals surface area contributed by atoms with Crippen molar-refractivity contribution in [2.24, 2.45) is 0 Å². The van der Waals surface area contributed by atoms with Crippen LogP contribution in [0, 0.1) is 6.92 Å². The van der Waals surface area contributed by atoms with Crippen LogP contribution in [0.4, 0.5) is 5.82 Å². The molecule has 1 aromatic heterocycles. The average molecular weight is 361 g/mol. The highest BCUT2D eigenvalue weighted by Gasteiger charge is 2.30. The van der Waals surface area contributed by atoms with Gasteiger partial charge in [0, 0.05) is 12.3 Å². The third-order valence-corrected chi connectivity index (χ3v) is 4.60. The zero-order valence-electron chi connectivity index (χ0n) is 14.9. The van der Waals surface area contributed by atoms with Gasteiger partial charge in [-0.1, -0.05) is 42.5 Å². The van der Waals surface area contributed by atoms with E-state index in [1.807, 2.05) is 54.6 Å². The number of aromatic amines is 1. The van der Waals surface area contributed by atoms with E-state index >= 15 is 0 Å². The van der Waals surface area contributed by atoms with Crippen LogP contribution in [0.5, 0.6) is 5.75 Å². The molecule has 0 spiro atoms. The molecule has 1 unspecified atom stereocenters. The minimum atomic E-state index is -0.325. The molecular weight excluding hydrogens is 342 g/mol. The predicted molar refractivity (Wildman–Crippen MR) is 102 cm³/mol. The number of anilines is 1. The smallest absolute Gasteiger partial charge is 0.256 e. The number of H-pyrrole nitrogens is 1. The van der Waals surface area contributed by atoms with Crippen molar-refractivity contribution in [2.45, 2.75) is 25.9 Å². The van der Waals surface area contributed by atoms with Crippen LogP contribution in [0.1, 0.15) is 34.9 Å². The van der Waals surface area contributed by atoms with Crippen molar-refractivity contribution in [3.05, 3.63) is 87.5 Å². The van der Waals surface area contributed by atoms with Crippen molar-refractivity contribution < 1.29 is 9.53 Å². The van der Waals surface area contributed by atoms with Gasteiger partial charge in [0.1, 0.15) is 24.0 Å². The molecule has 0 fully saturated rings. The van der Waals surface area contributed by atoms with Crippen LogP contribution in [-0.2, 0) is 11.4 Å². The molecule has 4 rings (SSSR count). The van der Waals surface area contributed by atoms with Crippen molar-refractivity contribution in [3.63, 3.8) is 0 Å². The lowest BCUT2D eigenvalue weighted by molar-refractivity contribution is -0.116. The number of rotatable bonds is 4. The second-order valence-electron chi connectivity index (χ2n) is 6.56. The van der Waals surface area contributed by atoms with E-state index in [2.05, 4.69) is 15.3 Å². The summed E-state index contributed by atoms with van der Waals surface area (Å²) in [7, 11) is 0. The van der Waals surface area contributed by atoms with Crippen molar-refractivity contribution in [2.75, 3.05) is 5.32 Å². The first-order valence-corrected chi connectivity index (χ1v) is 8.77. The van der Waals surface area contributed by atoms with Gasteiger partial charge < -0.3 is 15.0 Å². The zero-order chi connectivity index (χ0) is 18.8. The number of aryl methyl sites for hydroxylation is 1. The SMILES string of the molecule is Cc1nc2c(c(=O)[nH]1)C(c1ccc(OCc3ccccc3)cc1)CC(=O)N2. The molecule has 2 heterocycles. The highest BCUT2D eigenvalue weighted by Crippen LogP contribution is 2.34. The fourth-order valence-electron chi connectivity index (χ4n) is 3.31. The molecule has 1 aliphatic heterocycles. The molecule has 0 saturated carbocycles. The lowest BCUT2D eigenvalue weighted by atomic mass is 9.87. The molecule has 0 radical (unpaired) electrons. The maximum absolute atomic E-state index is 12.4. The highest BCUT2D eigenvalue weighted by atomic mass is 16.5. The molecule has 1 atom stereocenters. The maximum atomic E-state index is 12.4. The van der Waals surface area contributed by atoms with E-state index in [9.17, 15) is 9.59 Å². The molecule has 2 N–H and O–H groups in total. The van der Waals surface area contributed by atoms with E-state index in [0.717, 1.165) is 16.9 Å². The number of ether oxygens (including phenoxy) is 1. The Morgan fingerprint density at radius 1 is 1.07 bits per heavy atom. The summed E-state index contributed by atoms with van der Waals surface area (Å²) in [5.41, 5.74) is 2.26. The second-order valence-corrected chi connectivity index (χ2v) is 6.56. The number of carbonyl (C=O) groups excluding carboxylic acids is 1. The van der Waals surface area contributed by atoms with Gasteiger partial charge in [-0.3, -0.25) is 9.59 Å². The Hall–Kier alpha value is -3.41. The number of nitrogens with zero attached hydrogens (tertiary/aromatic N) is 1. The molecule has 1 amide bonds. The summed E-state index contributed by atoms with van der Waals surface area (Å²) in [6, 6.07) is 17.4. The lowest BCUT2D eigenvalue weighted by Crippen LogP contribution is -2.31. The summed E-state index contributed by atoms with van der Waals surface area (Å²) in [4.78, 5) is 31.5. The highest BCUT2D eigenvalue weighted by molar-refractivity contribution is 5.94. The van der Waals surface area contributed by atoms with E-state index < -0.39 is 0 Å². The molecular formula is C21H19N3O3. The lowest BCUT2D eigenvalue weighted by Gasteiger charge is -2.24. The molecule has 1 aliphatic rings. The molecule has 0 bridgehead atoms. The van der Waals surface area contributed by atoms with Gasteiger partial charge in [-0.2, -0.15) is 0 Å². The molecule has 2 aromatic carbocycles.